The summed E-state index contributed by atoms with van der Waals surface area (Å²) >= 11 is 0.304. The van der Waals surface area contributed by atoms with Gasteiger partial charge in [0, 0.05) is 0 Å². The Morgan fingerprint density at radius 2 is 1.23 bits per heavy atom. The number of aliphatic hydroxyl groups excluding tert-OH is 1. The Bertz CT molecular complexity index is 693. The average Bonchev–Trinajstić information content (AvgIpc) is 2.61. The van der Waals surface area contributed by atoms with Gasteiger partial charge in [-0.05, 0) is 0 Å². The summed E-state index contributed by atoms with van der Waals surface area (Å²) in [6.07, 6.45) is -0.384. The van der Waals surface area contributed by atoms with Crippen LogP contribution < -0.4 is 4.46 Å². The topological polar surface area (TPSA) is 20.2 Å². The zero-order chi connectivity index (χ0) is 15.2. The summed E-state index contributed by atoms with van der Waals surface area (Å²) in [7, 11) is 0. The fraction of sp³-hybridized carbons (Fsp3) is 0.100. The molecule has 0 aliphatic carbocycles. The van der Waals surface area contributed by atoms with Gasteiger partial charge < -0.3 is 0 Å². The van der Waals surface area contributed by atoms with Crippen molar-refractivity contribution in [1.29, 1.82) is 0 Å². The normalized spacial score (nSPS) is 12.0. The average molecular weight is 353 g/mol. The number of aliphatic hydroxyl groups is 1. The molecule has 0 aromatic heterocycles. The van der Waals surface area contributed by atoms with Gasteiger partial charge in [-0.2, -0.15) is 0 Å². The van der Waals surface area contributed by atoms with Crippen LogP contribution in [0.15, 0.2) is 84.9 Å². The Morgan fingerprint density at radius 3 is 1.86 bits per heavy atom. The molecule has 3 aromatic rings. The summed E-state index contributed by atoms with van der Waals surface area (Å²) in [5, 5.41) is 11.2. The van der Waals surface area contributed by atoms with Gasteiger partial charge in [0.2, 0.25) is 0 Å². The maximum atomic E-state index is 10.4. The summed E-state index contributed by atoms with van der Waals surface area (Å²) in [6.45, 7) is 0. The molecular formula is C20H18OSe. The molecule has 1 atom stereocenters. The molecule has 1 N–H and O–H groups in total. The maximum absolute atomic E-state index is 10.4. The van der Waals surface area contributed by atoms with Gasteiger partial charge >= 0.3 is 138 Å². The van der Waals surface area contributed by atoms with Gasteiger partial charge in [-0.1, -0.05) is 0 Å². The molecule has 0 heterocycles. The van der Waals surface area contributed by atoms with Crippen LogP contribution in [-0.4, -0.2) is 20.1 Å². The molecule has 110 valence electrons. The molecule has 0 spiro atoms. The van der Waals surface area contributed by atoms with Gasteiger partial charge in [0.25, 0.3) is 0 Å². The van der Waals surface area contributed by atoms with Crippen LogP contribution >= 0.6 is 0 Å². The minimum absolute atomic E-state index is 0.304. The van der Waals surface area contributed by atoms with Crippen LogP contribution in [0.2, 0.25) is 5.32 Å². The van der Waals surface area contributed by atoms with Crippen LogP contribution in [0.25, 0.3) is 11.1 Å². The molecule has 2 heteroatoms. The summed E-state index contributed by atoms with van der Waals surface area (Å²) < 4.78 is 1.33. The van der Waals surface area contributed by atoms with Crippen molar-refractivity contribution < 1.29 is 5.11 Å². The number of rotatable bonds is 5. The van der Waals surface area contributed by atoms with E-state index in [0.29, 0.717) is 15.0 Å². The SMILES string of the molecule is OC(C[Se]c1ccccc1)c1ccc(-c2ccccc2)cc1. The summed E-state index contributed by atoms with van der Waals surface area (Å²) in [5.41, 5.74) is 3.39. The summed E-state index contributed by atoms with van der Waals surface area (Å²) in [6, 6.07) is 28.9. The van der Waals surface area contributed by atoms with E-state index in [4.69, 9.17) is 0 Å². The van der Waals surface area contributed by atoms with E-state index in [1.165, 1.54) is 15.6 Å². The monoisotopic (exact) mass is 354 g/mol. The van der Waals surface area contributed by atoms with Crippen LogP contribution in [0.1, 0.15) is 11.7 Å². The molecule has 0 aliphatic heterocycles. The van der Waals surface area contributed by atoms with Crippen molar-refractivity contribution in [2.45, 2.75) is 11.4 Å². The van der Waals surface area contributed by atoms with E-state index < -0.39 is 0 Å². The van der Waals surface area contributed by atoms with Crippen molar-refractivity contribution >= 4 is 19.4 Å². The number of hydrogen-bond donors (Lipinski definition) is 1. The standard InChI is InChI=1S/C20H18OSe/c21-20(15-22-19-9-5-2-6-10-19)18-13-11-17(12-14-18)16-7-3-1-4-8-16/h1-14,20-21H,15H2. The molecule has 0 saturated carbocycles. The Balaban J connectivity index is 1.65. The molecule has 3 rings (SSSR count). The van der Waals surface area contributed by atoms with Gasteiger partial charge in [0.1, 0.15) is 0 Å². The van der Waals surface area contributed by atoms with Crippen LogP contribution in [0.3, 0.4) is 0 Å². The van der Waals surface area contributed by atoms with Gasteiger partial charge in [-0.15, -0.1) is 0 Å². The van der Waals surface area contributed by atoms with Gasteiger partial charge in [0.15, 0.2) is 0 Å². The molecule has 1 nitrogen and oxygen atoms in total. The predicted molar refractivity (Wildman–Crippen MR) is 93.5 cm³/mol. The second-order valence-corrected chi connectivity index (χ2v) is 7.42. The van der Waals surface area contributed by atoms with Crippen molar-refractivity contribution in [2.24, 2.45) is 0 Å². The second kappa shape index (κ2) is 7.42. The van der Waals surface area contributed by atoms with Crippen LogP contribution in [-0.2, 0) is 0 Å². The molecule has 0 saturated heterocycles. The van der Waals surface area contributed by atoms with Crippen LogP contribution in [0.4, 0.5) is 0 Å². The first-order valence-corrected chi connectivity index (χ1v) is 9.41. The van der Waals surface area contributed by atoms with Crippen molar-refractivity contribution in [1.82, 2.24) is 0 Å². The molecule has 0 aliphatic rings. The fourth-order valence-corrected chi connectivity index (χ4v) is 4.19. The molecule has 1 unspecified atom stereocenters. The van der Waals surface area contributed by atoms with E-state index >= 15 is 0 Å². The van der Waals surface area contributed by atoms with Crippen molar-refractivity contribution in [3.63, 3.8) is 0 Å². The number of hydrogen-bond acceptors (Lipinski definition) is 1. The molecule has 22 heavy (non-hydrogen) atoms. The molecule has 0 radical (unpaired) electrons. The van der Waals surface area contributed by atoms with E-state index in [2.05, 4.69) is 48.5 Å². The first-order valence-electron chi connectivity index (χ1n) is 7.34. The van der Waals surface area contributed by atoms with E-state index in [-0.39, 0.29) is 6.10 Å². The molecule has 0 amide bonds. The second-order valence-electron chi connectivity index (χ2n) is 5.13. The quantitative estimate of drug-likeness (QED) is 0.691. The molecule has 0 bridgehead atoms. The minimum atomic E-state index is -0.384. The van der Waals surface area contributed by atoms with Crippen LogP contribution in [0, 0.1) is 0 Å². The molecule has 0 fully saturated rings. The van der Waals surface area contributed by atoms with Gasteiger partial charge in [0.05, 0.1) is 0 Å². The molecule has 3 aromatic carbocycles. The third-order valence-corrected chi connectivity index (χ3v) is 5.84. The first kappa shape index (κ1) is 15.1. The Morgan fingerprint density at radius 1 is 0.682 bits per heavy atom. The van der Waals surface area contributed by atoms with E-state index in [0.717, 1.165) is 10.9 Å². The predicted octanol–water partition coefficient (Wildman–Crippen LogP) is 3.84. The van der Waals surface area contributed by atoms with Crippen LogP contribution in [0.5, 0.6) is 0 Å². The zero-order valence-corrected chi connectivity index (χ0v) is 13.9. The number of benzene rings is 3. The third-order valence-electron chi connectivity index (χ3n) is 3.55. The van der Waals surface area contributed by atoms with Crippen molar-refractivity contribution in [3.05, 3.63) is 90.5 Å². The third kappa shape index (κ3) is 3.86. The molecular weight excluding hydrogens is 335 g/mol. The van der Waals surface area contributed by atoms with Gasteiger partial charge in [-0.25, -0.2) is 0 Å². The first-order chi connectivity index (χ1) is 10.8. The Kier molecular flexibility index (Phi) is 5.07. The Labute approximate surface area is 137 Å². The van der Waals surface area contributed by atoms with E-state index in [1.807, 2.05) is 36.4 Å². The van der Waals surface area contributed by atoms with E-state index in [1.54, 1.807) is 0 Å². The Hall–Kier alpha value is -1.86. The summed E-state index contributed by atoms with van der Waals surface area (Å²) in [4.78, 5) is 0. The van der Waals surface area contributed by atoms with E-state index in [9.17, 15) is 5.11 Å². The fourth-order valence-electron chi connectivity index (χ4n) is 2.32. The zero-order valence-electron chi connectivity index (χ0n) is 12.2. The van der Waals surface area contributed by atoms with Crippen molar-refractivity contribution in [3.8, 4) is 11.1 Å². The van der Waals surface area contributed by atoms with Crippen molar-refractivity contribution in [2.75, 3.05) is 0 Å². The van der Waals surface area contributed by atoms with Gasteiger partial charge in [-0.3, -0.25) is 0 Å². The summed E-state index contributed by atoms with van der Waals surface area (Å²) in [5.74, 6) is 0.